The van der Waals surface area contributed by atoms with Crippen molar-refractivity contribution in [3.05, 3.63) is 24.3 Å². The van der Waals surface area contributed by atoms with E-state index < -0.39 is 18.4 Å². The number of β-amino-alcohol motifs (C(OH)–C–C–N with tert-alkyl or cyclic N) is 1. The molecule has 0 bridgehead atoms. The van der Waals surface area contributed by atoms with Crippen molar-refractivity contribution >= 4 is 17.6 Å². The van der Waals surface area contributed by atoms with E-state index in [-0.39, 0.29) is 36.1 Å². The van der Waals surface area contributed by atoms with E-state index in [1.165, 1.54) is 31.4 Å². The number of rotatable bonds is 7. The maximum atomic E-state index is 13.0. The highest BCUT2D eigenvalue weighted by atomic mass is 19.4. The van der Waals surface area contributed by atoms with Gasteiger partial charge in [0.25, 0.3) is 0 Å². The fraction of sp³-hybridized carbons (Fsp3) is 0.667. The molecular weight excluding hydrogens is 467 g/mol. The summed E-state index contributed by atoms with van der Waals surface area (Å²) in [5, 5.41) is 10.5. The first kappa shape index (κ1) is 25.6. The number of halogens is 3. The molecular formula is C24H32F3N3O5. The zero-order valence-corrected chi connectivity index (χ0v) is 19.8. The number of amides is 1. The molecule has 2 saturated heterocycles. The summed E-state index contributed by atoms with van der Waals surface area (Å²) in [5.74, 6) is -0.956. The lowest BCUT2D eigenvalue weighted by Crippen LogP contribution is -2.50. The topological polar surface area (TPSA) is 82.6 Å². The van der Waals surface area contributed by atoms with Crippen molar-refractivity contribution in [3.8, 4) is 5.75 Å². The van der Waals surface area contributed by atoms with Crippen LogP contribution in [-0.2, 0) is 14.3 Å². The quantitative estimate of drug-likeness (QED) is 0.577. The predicted molar refractivity (Wildman–Crippen MR) is 121 cm³/mol. The van der Waals surface area contributed by atoms with Gasteiger partial charge < -0.3 is 29.3 Å². The molecule has 3 fully saturated rings. The second kappa shape index (κ2) is 10.2. The highest BCUT2D eigenvalue weighted by molar-refractivity contribution is 5.85. The lowest BCUT2D eigenvalue weighted by Gasteiger charge is -2.37. The van der Waals surface area contributed by atoms with E-state index in [1.54, 1.807) is 4.90 Å². The van der Waals surface area contributed by atoms with Crippen LogP contribution in [-0.4, -0.2) is 91.7 Å². The van der Waals surface area contributed by atoms with Gasteiger partial charge >= 0.3 is 12.3 Å². The summed E-state index contributed by atoms with van der Waals surface area (Å²) < 4.78 is 46.2. The number of benzene rings is 1. The van der Waals surface area contributed by atoms with E-state index in [0.717, 1.165) is 25.8 Å². The Morgan fingerprint density at radius 2 is 1.86 bits per heavy atom. The van der Waals surface area contributed by atoms with Crippen molar-refractivity contribution < 1.29 is 37.3 Å². The average Bonchev–Trinajstić information content (AvgIpc) is 3.61. The minimum Gasteiger partial charge on any atom is -0.467 e. The first-order valence-corrected chi connectivity index (χ1v) is 12.0. The number of anilines is 1. The number of hydrogen-bond donors (Lipinski definition) is 1. The summed E-state index contributed by atoms with van der Waals surface area (Å²) in [5.41, 5.74) is 0.764. The van der Waals surface area contributed by atoms with Gasteiger partial charge in [-0.1, -0.05) is 0 Å². The number of nitrogens with zero attached hydrogens (tertiary/aromatic N) is 3. The van der Waals surface area contributed by atoms with Crippen LogP contribution < -0.4 is 9.64 Å². The van der Waals surface area contributed by atoms with Gasteiger partial charge in [-0.3, -0.25) is 4.79 Å². The number of ether oxygens (including phenoxy) is 2. The van der Waals surface area contributed by atoms with Gasteiger partial charge in [0, 0.05) is 44.8 Å². The Kier molecular flexibility index (Phi) is 7.46. The molecule has 2 heterocycles. The summed E-state index contributed by atoms with van der Waals surface area (Å²) in [7, 11) is 1.30. The van der Waals surface area contributed by atoms with Crippen molar-refractivity contribution in [1.82, 2.24) is 9.80 Å². The molecule has 194 valence electrons. The molecule has 2 aliphatic heterocycles. The molecule has 11 heteroatoms. The standard InChI is InChI=1S/C24H32F3N3O5/c1-34-22(33)19(6-11-28-13-10-23(8-9-23)20(31)16-28)30-15-14-29(12-7-21(30)32)17-2-4-18(5-3-17)35-24(25,26)27/h2-5,19-20,31H,6-16H2,1H3. The summed E-state index contributed by atoms with van der Waals surface area (Å²) in [6.07, 6.45) is -1.45. The summed E-state index contributed by atoms with van der Waals surface area (Å²) >= 11 is 0. The van der Waals surface area contributed by atoms with Crippen molar-refractivity contribution in [2.75, 3.05) is 51.3 Å². The Morgan fingerprint density at radius 3 is 2.46 bits per heavy atom. The number of piperidine rings is 1. The minimum absolute atomic E-state index is 0.0968. The lowest BCUT2D eigenvalue weighted by atomic mass is 9.90. The monoisotopic (exact) mass is 499 g/mol. The Hall–Kier alpha value is -2.53. The molecule has 1 aromatic carbocycles. The largest absolute Gasteiger partial charge is 0.573 e. The molecule has 35 heavy (non-hydrogen) atoms. The van der Waals surface area contributed by atoms with Crippen LogP contribution in [0.3, 0.4) is 0 Å². The molecule has 1 aromatic rings. The lowest BCUT2D eigenvalue weighted by molar-refractivity contribution is -0.274. The van der Waals surface area contributed by atoms with E-state index in [2.05, 4.69) is 9.64 Å². The molecule has 1 spiro atoms. The SMILES string of the molecule is COC(=O)C(CCN1CCC2(CC2)C(O)C1)N1CCN(c2ccc(OC(F)(F)F)cc2)CCC1=O. The average molecular weight is 500 g/mol. The number of carbonyl (C=O) groups is 2. The highest BCUT2D eigenvalue weighted by Crippen LogP contribution is 2.53. The van der Waals surface area contributed by atoms with Crippen LogP contribution in [0.25, 0.3) is 0 Å². The molecule has 1 amide bonds. The van der Waals surface area contributed by atoms with Gasteiger partial charge in [-0.05, 0) is 61.9 Å². The number of alkyl halides is 3. The molecule has 1 aliphatic carbocycles. The predicted octanol–water partition coefficient (Wildman–Crippen LogP) is 2.40. The minimum atomic E-state index is -4.76. The van der Waals surface area contributed by atoms with E-state index in [1.807, 2.05) is 4.90 Å². The van der Waals surface area contributed by atoms with Crippen LogP contribution in [0.4, 0.5) is 18.9 Å². The molecule has 2 unspecified atom stereocenters. The molecule has 0 aromatic heterocycles. The number of methoxy groups -OCH3 is 1. The Balaban J connectivity index is 1.37. The van der Waals surface area contributed by atoms with Gasteiger partial charge in [0.1, 0.15) is 11.8 Å². The number of likely N-dealkylation sites (tertiary alicyclic amines) is 1. The Labute approximate surface area is 202 Å². The summed E-state index contributed by atoms with van der Waals surface area (Å²) in [6.45, 7) is 3.09. The zero-order chi connectivity index (χ0) is 25.2. The molecule has 8 nitrogen and oxygen atoms in total. The van der Waals surface area contributed by atoms with Crippen LogP contribution in [0.2, 0.25) is 0 Å². The van der Waals surface area contributed by atoms with Crippen molar-refractivity contribution in [1.29, 1.82) is 0 Å². The molecule has 1 N–H and O–H groups in total. The number of esters is 1. The highest BCUT2D eigenvalue weighted by Gasteiger charge is 2.51. The molecule has 2 atom stereocenters. The van der Waals surface area contributed by atoms with Gasteiger partial charge in [-0.15, -0.1) is 13.2 Å². The Bertz CT molecular complexity index is 907. The van der Waals surface area contributed by atoms with Crippen LogP contribution >= 0.6 is 0 Å². The number of aliphatic hydroxyl groups is 1. The van der Waals surface area contributed by atoms with Crippen LogP contribution in [0, 0.1) is 5.41 Å². The van der Waals surface area contributed by atoms with E-state index >= 15 is 0 Å². The fourth-order valence-electron chi connectivity index (χ4n) is 5.15. The number of carbonyl (C=O) groups excluding carboxylic acids is 2. The third kappa shape index (κ3) is 6.19. The first-order chi connectivity index (χ1) is 16.6. The number of hydrogen-bond acceptors (Lipinski definition) is 7. The van der Waals surface area contributed by atoms with Gasteiger partial charge in [0.05, 0.1) is 13.2 Å². The second-order valence-corrected chi connectivity index (χ2v) is 9.62. The number of aliphatic hydroxyl groups excluding tert-OH is 1. The molecule has 0 radical (unpaired) electrons. The van der Waals surface area contributed by atoms with Crippen molar-refractivity contribution in [2.45, 2.75) is 50.6 Å². The van der Waals surface area contributed by atoms with Crippen LogP contribution in [0.15, 0.2) is 24.3 Å². The van der Waals surface area contributed by atoms with E-state index in [4.69, 9.17) is 4.74 Å². The Morgan fingerprint density at radius 1 is 1.14 bits per heavy atom. The fourth-order valence-corrected chi connectivity index (χ4v) is 5.15. The van der Waals surface area contributed by atoms with Gasteiger partial charge in [-0.2, -0.15) is 0 Å². The van der Waals surface area contributed by atoms with Gasteiger partial charge in [0.2, 0.25) is 5.91 Å². The van der Waals surface area contributed by atoms with Gasteiger partial charge in [0.15, 0.2) is 0 Å². The van der Waals surface area contributed by atoms with Crippen LogP contribution in [0.1, 0.15) is 32.1 Å². The summed E-state index contributed by atoms with van der Waals surface area (Å²) in [6, 6.07) is 4.79. The van der Waals surface area contributed by atoms with Crippen LogP contribution in [0.5, 0.6) is 5.75 Å². The maximum absolute atomic E-state index is 13.0. The summed E-state index contributed by atoms with van der Waals surface area (Å²) in [4.78, 5) is 31.2. The molecule has 4 rings (SSSR count). The first-order valence-electron chi connectivity index (χ1n) is 12.0. The van der Waals surface area contributed by atoms with Gasteiger partial charge in [-0.25, -0.2) is 4.79 Å². The maximum Gasteiger partial charge on any atom is 0.573 e. The third-order valence-corrected chi connectivity index (χ3v) is 7.49. The smallest absolute Gasteiger partial charge is 0.467 e. The second-order valence-electron chi connectivity index (χ2n) is 9.62. The van der Waals surface area contributed by atoms with Crippen molar-refractivity contribution in [3.63, 3.8) is 0 Å². The molecule has 1 saturated carbocycles. The zero-order valence-electron chi connectivity index (χ0n) is 19.8. The third-order valence-electron chi connectivity index (χ3n) is 7.49. The van der Waals surface area contributed by atoms with E-state index in [0.29, 0.717) is 38.3 Å². The van der Waals surface area contributed by atoms with E-state index in [9.17, 15) is 27.9 Å². The van der Waals surface area contributed by atoms with Crippen molar-refractivity contribution in [2.24, 2.45) is 5.41 Å². The molecule has 3 aliphatic rings. The normalized spacial score (nSPS) is 23.7.